The smallest absolute Gasteiger partial charge is 0.272 e. The summed E-state index contributed by atoms with van der Waals surface area (Å²) in [6, 6.07) is 4.42. The van der Waals surface area contributed by atoms with E-state index in [0.29, 0.717) is 11.3 Å². The van der Waals surface area contributed by atoms with E-state index in [2.05, 4.69) is 0 Å². The van der Waals surface area contributed by atoms with Gasteiger partial charge in [-0.1, -0.05) is 23.9 Å². The van der Waals surface area contributed by atoms with Gasteiger partial charge in [0.15, 0.2) is 5.37 Å². The molecule has 1 saturated heterocycles. The van der Waals surface area contributed by atoms with E-state index in [1.54, 1.807) is 24.4 Å². The molecule has 1 aromatic rings. The molecule has 0 aliphatic carbocycles. The van der Waals surface area contributed by atoms with Crippen LogP contribution in [-0.2, 0) is 4.79 Å². The molecule has 0 amide bonds. The molecule has 96 valence electrons. The number of hydrogen-bond donors (Lipinski definition) is 1. The van der Waals surface area contributed by atoms with E-state index in [9.17, 15) is 20.0 Å². The summed E-state index contributed by atoms with van der Waals surface area (Å²) in [5, 5.41) is 23.1. The lowest BCUT2D eigenvalue weighted by molar-refractivity contribution is -0.690. The Morgan fingerprint density at radius 3 is 2.83 bits per heavy atom. The number of aryl methyl sites for hydroxylation is 1. The number of nitro groups is 1. The second kappa shape index (κ2) is 4.95. The normalized spacial score (nSPS) is 22.9. The van der Waals surface area contributed by atoms with Gasteiger partial charge in [0.2, 0.25) is 0 Å². The number of nitrogens with zero attached hydrogens (tertiary/aromatic N) is 1. The summed E-state index contributed by atoms with van der Waals surface area (Å²) in [4.78, 5) is 21.2. The van der Waals surface area contributed by atoms with Gasteiger partial charge in [-0.3, -0.25) is 10.1 Å². The molecule has 18 heavy (non-hydrogen) atoms. The van der Waals surface area contributed by atoms with Gasteiger partial charge in [-0.25, -0.2) is 0 Å². The second-order valence-electron chi connectivity index (χ2n) is 4.17. The highest BCUT2D eigenvalue weighted by Crippen LogP contribution is 2.30. The van der Waals surface area contributed by atoms with Gasteiger partial charge in [0, 0.05) is 17.2 Å². The topological polar surface area (TPSA) is 99.9 Å². The maximum atomic E-state index is 10.8. The van der Waals surface area contributed by atoms with Crippen molar-refractivity contribution in [3.8, 4) is 0 Å². The molecular weight excluding hydrogens is 256 g/mol. The Bertz CT molecular complexity index is 506. The SMILES string of the molecule is Cc1ccc([C@H]2[NH2+][C@H](C(=O)[O-])CS2)cc1[N+](=O)[O-]. The molecule has 0 bridgehead atoms. The van der Waals surface area contributed by atoms with Gasteiger partial charge in [0.05, 0.1) is 10.7 Å². The number of carbonyl (C=O) groups excluding carboxylic acids is 1. The van der Waals surface area contributed by atoms with Crippen LogP contribution in [0, 0.1) is 17.0 Å². The average Bonchev–Trinajstić information content (AvgIpc) is 2.78. The van der Waals surface area contributed by atoms with E-state index in [0.717, 1.165) is 5.56 Å². The van der Waals surface area contributed by atoms with Crippen molar-refractivity contribution in [3.63, 3.8) is 0 Å². The van der Waals surface area contributed by atoms with Crippen molar-refractivity contribution in [2.24, 2.45) is 0 Å². The molecule has 1 aromatic carbocycles. The molecule has 1 fully saturated rings. The van der Waals surface area contributed by atoms with Crippen molar-refractivity contribution in [1.82, 2.24) is 0 Å². The molecule has 0 aromatic heterocycles. The summed E-state index contributed by atoms with van der Waals surface area (Å²) in [6.07, 6.45) is 0. The van der Waals surface area contributed by atoms with E-state index in [-0.39, 0.29) is 11.1 Å². The monoisotopic (exact) mass is 268 g/mol. The lowest BCUT2D eigenvalue weighted by Crippen LogP contribution is -2.90. The minimum Gasteiger partial charge on any atom is -0.544 e. The van der Waals surface area contributed by atoms with E-state index >= 15 is 0 Å². The van der Waals surface area contributed by atoms with Crippen LogP contribution in [0.4, 0.5) is 5.69 Å². The number of quaternary nitrogens is 1. The van der Waals surface area contributed by atoms with Crippen LogP contribution in [0.15, 0.2) is 18.2 Å². The second-order valence-corrected chi connectivity index (χ2v) is 5.35. The van der Waals surface area contributed by atoms with Crippen LogP contribution in [0.5, 0.6) is 0 Å². The largest absolute Gasteiger partial charge is 0.544 e. The number of carboxylic acids is 1. The summed E-state index contributed by atoms with van der Waals surface area (Å²) >= 11 is 1.46. The third-order valence-corrected chi connectivity index (χ3v) is 4.26. The van der Waals surface area contributed by atoms with Crippen LogP contribution in [0.2, 0.25) is 0 Å². The fourth-order valence-corrected chi connectivity index (χ4v) is 3.19. The van der Waals surface area contributed by atoms with Gasteiger partial charge in [-0.05, 0) is 6.92 Å². The molecule has 0 saturated carbocycles. The first-order valence-electron chi connectivity index (χ1n) is 5.41. The van der Waals surface area contributed by atoms with Crippen molar-refractivity contribution < 1.29 is 20.1 Å². The van der Waals surface area contributed by atoms with Crippen molar-refractivity contribution in [2.45, 2.75) is 18.3 Å². The zero-order chi connectivity index (χ0) is 13.3. The number of benzene rings is 1. The van der Waals surface area contributed by atoms with Gasteiger partial charge in [-0.2, -0.15) is 0 Å². The summed E-state index contributed by atoms with van der Waals surface area (Å²) < 4.78 is 0. The quantitative estimate of drug-likeness (QED) is 0.579. The number of aliphatic carboxylic acids is 1. The fourth-order valence-electron chi connectivity index (χ4n) is 1.88. The average molecular weight is 268 g/mol. The third kappa shape index (κ3) is 2.46. The number of carbonyl (C=O) groups is 1. The zero-order valence-corrected chi connectivity index (χ0v) is 10.5. The van der Waals surface area contributed by atoms with Crippen molar-refractivity contribution in [3.05, 3.63) is 39.4 Å². The molecule has 6 nitrogen and oxygen atoms in total. The Morgan fingerprint density at radius 2 is 2.28 bits per heavy atom. The lowest BCUT2D eigenvalue weighted by Gasteiger charge is -2.11. The maximum Gasteiger partial charge on any atom is 0.272 e. The molecule has 2 N–H and O–H groups in total. The summed E-state index contributed by atoms with van der Waals surface area (Å²) in [5.74, 6) is -0.638. The van der Waals surface area contributed by atoms with E-state index in [4.69, 9.17) is 0 Å². The lowest BCUT2D eigenvalue weighted by atomic mass is 10.1. The molecule has 1 aliphatic heterocycles. The van der Waals surface area contributed by atoms with Crippen LogP contribution in [0.1, 0.15) is 16.5 Å². The number of nitro benzene ring substituents is 1. The Labute approximate surface area is 108 Å². The molecule has 7 heteroatoms. The minimum atomic E-state index is -1.09. The van der Waals surface area contributed by atoms with E-state index in [1.807, 2.05) is 0 Å². The fraction of sp³-hybridized carbons (Fsp3) is 0.364. The number of hydrogen-bond acceptors (Lipinski definition) is 5. The number of rotatable bonds is 3. The first kappa shape index (κ1) is 12.8. The standard InChI is InChI=1S/C11H12N2O4S/c1-6-2-3-7(4-9(6)13(16)17)10-12-8(5-18-10)11(14)15/h2-4,8,10,12H,5H2,1H3,(H,14,15)/t8-,10-/m0/s1. The highest BCUT2D eigenvalue weighted by Gasteiger charge is 2.31. The Hall–Kier alpha value is -1.60. The molecule has 0 unspecified atom stereocenters. The van der Waals surface area contributed by atoms with Gasteiger partial charge >= 0.3 is 0 Å². The van der Waals surface area contributed by atoms with Gasteiger partial charge in [0.1, 0.15) is 12.0 Å². The van der Waals surface area contributed by atoms with Crippen molar-refractivity contribution >= 4 is 23.4 Å². The highest BCUT2D eigenvalue weighted by atomic mass is 32.2. The van der Waals surface area contributed by atoms with E-state index in [1.165, 1.54) is 17.8 Å². The predicted octanol–water partition coefficient (Wildman–Crippen LogP) is -0.669. The van der Waals surface area contributed by atoms with Crippen LogP contribution in [0.25, 0.3) is 0 Å². The van der Waals surface area contributed by atoms with Gasteiger partial charge in [-0.15, -0.1) is 0 Å². The van der Waals surface area contributed by atoms with Gasteiger partial charge in [0.25, 0.3) is 5.69 Å². The molecule has 2 rings (SSSR count). The van der Waals surface area contributed by atoms with Crippen LogP contribution >= 0.6 is 11.8 Å². The predicted molar refractivity (Wildman–Crippen MR) is 63.8 cm³/mol. The summed E-state index contributed by atoms with van der Waals surface area (Å²) in [5.41, 5.74) is 1.43. The minimum absolute atomic E-state index is 0.0680. The molecule has 0 spiro atoms. The Balaban J connectivity index is 2.22. The van der Waals surface area contributed by atoms with Crippen LogP contribution in [-0.4, -0.2) is 22.7 Å². The van der Waals surface area contributed by atoms with Crippen molar-refractivity contribution in [2.75, 3.05) is 5.75 Å². The molecule has 1 heterocycles. The number of nitrogens with two attached hydrogens (primary N) is 1. The summed E-state index contributed by atoms with van der Waals surface area (Å²) in [6.45, 7) is 1.68. The molecule has 1 aliphatic rings. The first-order chi connectivity index (χ1) is 8.49. The van der Waals surface area contributed by atoms with E-state index < -0.39 is 16.9 Å². The van der Waals surface area contributed by atoms with Crippen LogP contribution in [0.3, 0.4) is 0 Å². The van der Waals surface area contributed by atoms with Crippen LogP contribution < -0.4 is 10.4 Å². The number of carboxylic acid groups (broad SMARTS) is 1. The summed E-state index contributed by atoms with van der Waals surface area (Å²) in [7, 11) is 0. The zero-order valence-electron chi connectivity index (χ0n) is 9.66. The first-order valence-corrected chi connectivity index (χ1v) is 6.46. The van der Waals surface area contributed by atoms with Gasteiger partial charge < -0.3 is 15.2 Å². The third-order valence-electron chi connectivity index (χ3n) is 2.92. The molecular formula is C11H12N2O4S. The number of thioether (sulfide) groups is 1. The highest BCUT2D eigenvalue weighted by molar-refractivity contribution is 7.99. The molecule has 0 radical (unpaired) electrons. The van der Waals surface area contributed by atoms with Crippen molar-refractivity contribution in [1.29, 1.82) is 0 Å². The maximum absolute atomic E-state index is 10.8. The Morgan fingerprint density at radius 1 is 1.56 bits per heavy atom. The Kier molecular flexibility index (Phi) is 3.53. The molecule has 2 atom stereocenters.